The van der Waals surface area contributed by atoms with Crippen LogP contribution >= 0.6 is 7.82 Å². The average Bonchev–Trinajstić information content (AvgIpc) is 2.85. The van der Waals surface area contributed by atoms with Crippen LogP contribution in [0.3, 0.4) is 0 Å². The van der Waals surface area contributed by atoms with Crippen LogP contribution in [0, 0.1) is 16.2 Å². The molecule has 3 aromatic rings. The second-order valence-electron chi connectivity index (χ2n) is 19.1. The zero-order valence-corrected chi connectivity index (χ0v) is 33.0. The molecule has 0 fully saturated rings. The van der Waals surface area contributed by atoms with Crippen LogP contribution < -0.4 is 13.6 Å². The molecule has 0 amide bonds. The van der Waals surface area contributed by atoms with Crippen molar-refractivity contribution in [2.45, 2.75) is 139 Å². The summed E-state index contributed by atoms with van der Waals surface area (Å²) in [4.78, 5) is 0. The average molecular weight is 663 g/mol. The number of hydrogen-bond acceptors (Lipinski definition) is 4. The molecule has 0 unspecified atom stereocenters. The second-order valence-corrected chi connectivity index (χ2v) is 20.5. The summed E-state index contributed by atoms with van der Waals surface area (Å²) in [5.74, 6) is 1.51. The molecular formula is C42H63O4P. The van der Waals surface area contributed by atoms with E-state index in [1.54, 1.807) is 0 Å². The molecule has 0 heterocycles. The summed E-state index contributed by atoms with van der Waals surface area (Å²) < 4.78 is 35.1. The standard InChI is InChI=1S/C42H63O4P/c1-37(2,3)28-40(10,11)31-22-16-19-25-34(31)44-47(43,45-35-26-20-17-23-32(35)41(12,13)29-38(4,5)6)46-36-27-21-18-24-33(36)42(14,15)30-39(7,8)9/h16-27H,28-30H2,1-15H3. The number of benzene rings is 3. The highest BCUT2D eigenvalue weighted by molar-refractivity contribution is 7.49. The number of phosphoric ester groups is 1. The van der Waals surface area contributed by atoms with E-state index < -0.39 is 7.82 Å². The predicted molar refractivity (Wildman–Crippen MR) is 200 cm³/mol. The van der Waals surface area contributed by atoms with Crippen molar-refractivity contribution in [3.8, 4) is 17.2 Å². The third-order valence-corrected chi connectivity index (χ3v) is 9.66. The normalized spacial score (nSPS) is 13.8. The van der Waals surface area contributed by atoms with Gasteiger partial charge in [-0.3, -0.25) is 0 Å². The highest BCUT2D eigenvalue weighted by atomic mass is 31.2. The number of para-hydroxylation sites is 3. The van der Waals surface area contributed by atoms with E-state index in [2.05, 4.69) is 122 Å². The van der Waals surface area contributed by atoms with Gasteiger partial charge in [0.15, 0.2) is 0 Å². The molecule has 0 aromatic heterocycles. The van der Waals surface area contributed by atoms with E-state index in [9.17, 15) is 0 Å². The topological polar surface area (TPSA) is 44.8 Å². The lowest BCUT2D eigenvalue weighted by Crippen LogP contribution is -2.27. The van der Waals surface area contributed by atoms with Crippen LogP contribution in [-0.2, 0) is 20.8 Å². The number of hydrogen-bond donors (Lipinski definition) is 0. The zero-order valence-electron chi connectivity index (χ0n) is 32.1. The Labute approximate surface area is 287 Å². The van der Waals surface area contributed by atoms with E-state index in [4.69, 9.17) is 13.6 Å². The fourth-order valence-corrected chi connectivity index (χ4v) is 9.31. The molecule has 3 rings (SSSR count). The van der Waals surface area contributed by atoms with E-state index >= 15 is 4.57 Å². The summed E-state index contributed by atoms with van der Waals surface area (Å²) in [5, 5.41) is 0. The molecule has 0 aliphatic rings. The Morgan fingerprint density at radius 1 is 0.404 bits per heavy atom. The summed E-state index contributed by atoms with van der Waals surface area (Å²) >= 11 is 0. The lowest BCUT2D eigenvalue weighted by Gasteiger charge is -2.36. The maximum atomic E-state index is 15.3. The van der Waals surface area contributed by atoms with Gasteiger partial charge in [-0.05, 0) is 70.0 Å². The number of phosphoric acid groups is 1. The molecule has 0 aliphatic heterocycles. The van der Waals surface area contributed by atoms with Gasteiger partial charge in [0.25, 0.3) is 0 Å². The first-order valence-corrected chi connectivity index (χ1v) is 18.7. The first-order valence-electron chi connectivity index (χ1n) is 17.2. The van der Waals surface area contributed by atoms with Gasteiger partial charge in [-0.15, -0.1) is 0 Å². The van der Waals surface area contributed by atoms with Crippen molar-refractivity contribution < 1.29 is 18.1 Å². The van der Waals surface area contributed by atoms with Crippen molar-refractivity contribution in [3.05, 3.63) is 89.5 Å². The highest BCUT2D eigenvalue weighted by Crippen LogP contribution is 2.55. The minimum absolute atomic E-state index is 0.0719. The quantitative estimate of drug-likeness (QED) is 0.181. The van der Waals surface area contributed by atoms with E-state index in [1.807, 2.05) is 54.6 Å². The molecule has 5 heteroatoms. The molecule has 0 radical (unpaired) electrons. The summed E-state index contributed by atoms with van der Waals surface area (Å²) in [6.45, 7) is 33.4. The van der Waals surface area contributed by atoms with E-state index in [-0.39, 0.29) is 32.5 Å². The van der Waals surface area contributed by atoms with Crippen LogP contribution in [0.15, 0.2) is 72.8 Å². The van der Waals surface area contributed by atoms with Gasteiger partial charge in [-0.2, -0.15) is 4.57 Å². The Balaban J connectivity index is 2.21. The molecule has 47 heavy (non-hydrogen) atoms. The van der Waals surface area contributed by atoms with E-state index in [0.717, 1.165) is 36.0 Å². The lowest BCUT2D eigenvalue weighted by molar-refractivity contribution is 0.261. The summed E-state index contributed by atoms with van der Waals surface area (Å²) in [5.41, 5.74) is 2.31. The van der Waals surface area contributed by atoms with Gasteiger partial charge in [0.1, 0.15) is 17.2 Å². The minimum atomic E-state index is -4.33. The van der Waals surface area contributed by atoms with Gasteiger partial charge < -0.3 is 13.6 Å². The SMILES string of the molecule is CC(C)(C)CC(C)(C)c1ccccc1OP(=O)(Oc1ccccc1C(C)(C)CC(C)(C)C)Oc1ccccc1C(C)(C)CC(C)(C)C. The molecule has 0 N–H and O–H groups in total. The molecule has 0 aliphatic carbocycles. The molecule has 0 saturated carbocycles. The molecule has 0 atom stereocenters. The molecule has 0 saturated heterocycles. The molecule has 4 nitrogen and oxygen atoms in total. The fraction of sp³-hybridized carbons (Fsp3) is 0.571. The zero-order chi connectivity index (χ0) is 35.7. The van der Waals surface area contributed by atoms with Gasteiger partial charge in [-0.25, -0.2) is 0 Å². The Kier molecular flexibility index (Phi) is 11.3. The Morgan fingerprint density at radius 3 is 0.830 bits per heavy atom. The first kappa shape index (κ1) is 38.7. The summed E-state index contributed by atoms with van der Waals surface area (Å²) in [6.07, 6.45) is 2.71. The van der Waals surface area contributed by atoms with E-state index in [0.29, 0.717) is 17.2 Å². The van der Waals surface area contributed by atoms with Crippen molar-refractivity contribution in [1.29, 1.82) is 0 Å². The number of rotatable bonds is 12. The minimum Gasteiger partial charge on any atom is -0.386 e. The smallest absolute Gasteiger partial charge is 0.386 e. The monoisotopic (exact) mass is 662 g/mol. The molecule has 3 aromatic carbocycles. The van der Waals surface area contributed by atoms with Gasteiger partial charge in [-0.1, -0.05) is 158 Å². The molecule has 0 bridgehead atoms. The Morgan fingerprint density at radius 2 is 0.617 bits per heavy atom. The van der Waals surface area contributed by atoms with Crippen LogP contribution in [-0.4, -0.2) is 0 Å². The Hall–Kier alpha value is -2.71. The molecule has 260 valence electrons. The summed E-state index contributed by atoms with van der Waals surface area (Å²) in [7, 11) is -4.33. The Bertz CT molecular complexity index is 1360. The fourth-order valence-electron chi connectivity index (χ4n) is 8.00. The predicted octanol–water partition coefficient (Wildman–Crippen LogP) is 13.5. The van der Waals surface area contributed by atoms with Gasteiger partial charge in [0.2, 0.25) is 0 Å². The van der Waals surface area contributed by atoms with Crippen molar-refractivity contribution in [2.24, 2.45) is 16.2 Å². The summed E-state index contributed by atoms with van der Waals surface area (Å²) in [6, 6.07) is 23.6. The van der Waals surface area contributed by atoms with Crippen molar-refractivity contribution in [1.82, 2.24) is 0 Å². The van der Waals surface area contributed by atoms with Crippen LogP contribution in [0.4, 0.5) is 0 Å². The van der Waals surface area contributed by atoms with Crippen LogP contribution in [0.1, 0.15) is 140 Å². The maximum absolute atomic E-state index is 15.3. The molecule has 0 spiro atoms. The van der Waals surface area contributed by atoms with Crippen molar-refractivity contribution >= 4 is 7.82 Å². The van der Waals surface area contributed by atoms with Crippen LogP contribution in [0.25, 0.3) is 0 Å². The third kappa shape index (κ3) is 11.2. The van der Waals surface area contributed by atoms with Crippen molar-refractivity contribution in [3.63, 3.8) is 0 Å². The van der Waals surface area contributed by atoms with Crippen molar-refractivity contribution in [2.75, 3.05) is 0 Å². The largest absolute Gasteiger partial charge is 0.647 e. The van der Waals surface area contributed by atoms with E-state index in [1.165, 1.54) is 0 Å². The van der Waals surface area contributed by atoms with Gasteiger partial charge >= 0.3 is 7.82 Å². The highest BCUT2D eigenvalue weighted by Gasteiger charge is 2.41. The lowest BCUT2D eigenvalue weighted by atomic mass is 9.72. The second kappa shape index (κ2) is 13.7. The first-order chi connectivity index (χ1) is 21.2. The maximum Gasteiger partial charge on any atom is 0.647 e. The van der Waals surface area contributed by atoms with Crippen LogP contribution in [0.5, 0.6) is 17.2 Å². The third-order valence-electron chi connectivity index (χ3n) is 8.40. The van der Waals surface area contributed by atoms with Gasteiger partial charge in [0, 0.05) is 16.7 Å². The van der Waals surface area contributed by atoms with Gasteiger partial charge in [0.05, 0.1) is 0 Å². The molecular weight excluding hydrogens is 599 g/mol. The van der Waals surface area contributed by atoms with Crippen LogP contribution in [0.2, 0.25) is 0 Å².